The third kappa shape index (κ3) is 4.07. The highest BCUT2D eigenvalue weighted by atomic mass is 19.1. The van der Waals surface area contributed by atoms with E-state index in [4.69, 9.17) is 0 Å². The SMILES string of the molecule is CC(C)C[C@]1(c2ccccc2)NC(=O)N(CN(C)Cc2cccc(F)c2)C1=O. The summed E-state index contributed by atoms with van der Waals surface area (Å²) in [6.07, 6.45) is 0.520. The zero-order chi connectivity index (χ0) is 20.3. The minimum atomic E-state index is -1.05. The second-order valence-electron chi connectivity index (χ2n) is 7.82. The number of carbonyl (C=O) groups is 2. The minimum Gasteiger partial charge on any atom is -0.319 e. The first-order valence-electron chi connectivity index (χ1n) is 9.44. The number of benzene rings is 2. The first-order chi connectivity index (χ1) is 13.3. The Kier molecular flexibility index (Phi) is 5.79. The molecule has 1 aliphatic heterocycles. The molecule has 0 aliphatic carbocycles. The molecule has 3 amide bonds. The van der Waals surface area contributed by atoms with Crippen LogP contribution in [0.4, 0.5) is 9.18 Å². The van der Waals surface area contributed by atoms with Gasteiger partial charge in [-0.15, -0.1) is 0 Å². The van der Waals surface area contributed by atoms with E-state index in [0.29, 0.717) is 13.0 Å². The predicted octanol–water partition coefficient (Wildman–Crippen LogP) is 3.71. The average molecular weight is 383 g/mol. The van der Waals surface area contributed by atoms with Crippen LogP contribution in [-0.2, 0) is 16.9 Å². The molecule has 1 aliphatic rings. The fraction of sp³-hybridized carbons (Fsp3) is 0.364. The van der Waals surface area contributed by atoms with E-state index in [1.807, 2.05) is 55.1 Å². The van der Waals surface area contributed by atoms with Gasteiger partial charge in [0.15, 0.2) is 0 Å². The van der Waals surface area contributed by atoms with Crippen molar-refractivity contribution in [2.24, 2.45) is 5.92 Å². The molecule has 5 nitrogen and oxygen atoms in total. The minimum absolute atomic E-state index is 0.133. The second kappa shape index (κ2) is 8.10. The van der Waals surface area contributed by atoms with Gasteiger partial charge >= 0.3 is 6.03 Å². The van der Waals surface area contributed by atoms with Gasteiger partial charge in [-0.3, -0.25) is 9.69 Å². The number of amides is 3. The smallest absolute Gasteiger partial charge is 0.319 e. The van der Waals surface area contributed by atoms with E-state index in [-0.39, 0.29) is 24.3 Å². The Bertz CT molecular complexity index is 856. The lowest BCUT2D eigenvalue weighted by molar-refractivity contribution is -0.133. The van der Waals surface area contributed by atoms with E-state index >= 15 is 0 Å². The van der Waals surface area contributed by atoms with E-state index in [2.05, 4.69) is 5.32 Å². The summed E-state index contributed by atoms with van der Waals surface area (Å²) in [4.78, 5) is 29.1. The molecule has 0 bridgehead atoms. The van der Waals surface area contributed by atoms with E-state index in [0.717, 1.165) is 11.1 Å². The number of nitrogens with zero attached hydrogens (tertiary/aromatic N) is 2. The normalized spacial score (nSPS) is 19.6. The molecule has 0 saturated carbocycles. The molecule has 1 N–H and O–H groups in total. The van der Waals surface area contributed by atoms with Gasteiger partial charge in [0.1, 0.15) is 11.4 Å². The van der Waals surface area contributed by atoms with E-state index < -0.39 is 11.6 Å². The highest BCUT2D eigenvalue weighted by Gasteiger charge is 2.52. The van der Waals surface area contributed by atoms with Crippen LogP contribution in [-0.4, -0.2) is 35.5 Å². The van der Waals surface area contributed by atoms with Gasteiger partial charge in [-0.25, -0.2) is 14.1 Å². The van der Waals surface area contributed by atoms with Gasteiger partial charge in [0, 0.05) is 6.54 Å². The van der Waals surface area contributed by atoms with Gasteiger partial charge in [0.2, 0.25) is 0 Å². The summed E-state index contributed by atoms with van der Waals surface area (Å²) in [6.45, 7) is 4.62. The molecule has 2 aromatic carbocycles. The highest BCUT2D eigenvalue weighted by molar-refractivity contribution is 6.07. The van der Waals surface area contributed by atoms with Gasteiger partial charge in [0.25, 0.3) is 5.91 Å². The van der Waals surface area contributed by atoms with Gasteiger partial charge in [-0.1, -0.05) is 56.3 Å². The van der Waals surface area contributed by atoms with Crippen molar-refractivity contribution in [3.63, 3.8) is 0 Å². The number of carbonyl (C=O) groups excluding carboxylic acids is 2. The molecule has 6 heteroatoms. The van der Waals surface area contributed by atoms with Crippen molar-refractivity contribution in [3.8, 4) is 0 Å². The zero-order valence-electron chi connectivity index (χ0n) is 16.5. The Hall–Kier alpha value is -2.73. The third-order valence-corrected chi connectivity index (χ3v) is 4.88. The van der Waals surface area contributed by atoms with Crippen LogP contribution in [0.2, 0.25) is 0 Å². The molecule has 2 aromatic rings. The Morgan fingerprint density at radius 1 is 1.11 bits per heavy atom. The maximum Gasteiger partial charge on any atom is 0.326 e. The first kappa shape index (κ1) is 20.0. The van der Waals surface area contributed by atoms with E-state index in [1.165, 1.54) is 17.0 Å². The van der Waals surface area contributed by atoms with Gasteiger partial charge in [0.05, 0.1) is 6.67 Å². The molecule has 0 aromatic heterocycles. The van der Waals surface area contributed by atoms with Crippen LogP contribution in [0.1, 0.15) is 31.4 Å². The lowest BCUT2D eigenvalue weighted by Crippen LogP contribution is -2.46. The molecule has 3 rings (SSSR count). The summed E-state index contributed by atoms with van der Waals surface area (Å²) >= 11 is 0. The summed E-state index contributed by atoms with van der Waals surface area (Å²) in [5.74, 6) is -0.334. The number of nitrogens with one attached hydrogen (secondary N) is 1. The standard InChI is InChI=1S/C22H26FN3O2/c1-16(2)13-22(18-9-5-4-6-10-18)20(27)26(21(28)24-22)15-25(3)14-17-8-7-11-19(23)12-17/h4-12,16H,13-15H2,1-3H3,(H,24,28)/t22-/m1/s1. The molecule has 1 atom stereocenters. The topological polar surface area (TPSA) is 52.7 Å². The van der Waals surface area contributed by atoms with Crippen LogP contribution in [0.25, 0.3) is 0 Å². The van der Waals surface area contributed by atoms with Gasteiger partial charge in [-0.05, 0) is 42.6 Å². The van der Waals surface area contributed by atoms with Crippen molar-refractivity contribution < 1.29 is 14.0 Å². The first-order valence-corrected chi connectivity index (χ1v) is 9.44. The van der Waals surface area contributed by atoms with Crippen molar-refractivity contribution >= 4 is 11.9 Å². The number of imide groups is 1. The Morgan fingerprint density at radius 3 is 2.46 bits per heavy atom. The lowest BCUT2D eigenvalue weighted by atomic mass is 9.82. The molecular weight excluding hydrogens is 357 g/mol. The number of urea groups is 1. The maximum absolute atomic E-state index is 13.4. The molecule has 1 saturated heterocycles. The highest BCUT2D eigenvalue weighted by Crippen LogP contribution is 2.35. The van der Waals surface area contributed by atoms with E-state index in [9.17, 15) is 14.0 Å². The van der Waals surface area contributed by atoms with Gasteiger partial charge < -0.3 is 5.32 Å². The Labute approximate surface area is 165 Å². The zero-order valence-corrected chi connectivity index (χ0v) is 16.5. The Balaban J connectivity index is 1.81. The molecule has 1 fully saturated rings. The fourth-order valence-corrected chi connectivity index (χ4v) is 3.78. The van der Waals surface area contributed by atoms with E-state index in [1.54, 1.807) is 13.1 Å². The number of rotatable bonds is 7. The molecule has 0 unspecified atom stereocenters. The maximum atomic E-state index is 13.4. The predicted molar refractivity (Wildman–Crippen MR) is 106 cm³/mol. The van der Waals surface area contributed by atoms with Crippen molar-refractivity contribution in [1.82, 2.24) is 15.1 Å². The summed E-state index contributed by atoms with van der Waals surface area (Å²) in [6, 6.07) is 15.3. The average Bonchev–Trinajstić information content (AvgIpc) is 2.87. The van der Waals surface area contributed by atoms with Crippen molar-refractivity contribution in [1.29, 1.82) is 0 Å². The monoisotopic (exact) mass is 383 g/mol. The largest absolute Gasteiger partial charge is 0.326 e. The van der Waals surface area contributed by atoms with Crippen LogP contribution in [0.15, 0.2) is 54.6 Å². The van der Waals surface area contributed by atoms with Gasteiger partial charge in [-0.2, -0.15) is 0 Å². The fourth-order valence-electron chi connectivity index (χ4n) is 3.78. The molecule has 1 heterocycles. The van der Waals surface area contributed by atoms with Crippen molar-refractivity contribution in [3.05, 3.63) is 71.5 Å². The molecule has 148 valence electrons. The second-order valence-corrected chi connectivity index (χ2v) is 7.82. The lowest BCUT2D eigenvalue weighted by Gasteiger charge is -2.29. The number of halogens is 1. The van der Waals surface area contributed by atoms with Crippen LogP contribution < -0.4 is 5.32 Å². The summed E-state index contributed by atoms with van der Waals surface area (Å²) in [5, 5.41) is 2.94. The van der Waals surface area contributed by atoms with Crippen LogP contribution >= 0.6 is 0 Å². The Morgan fingerprint density at radius 2 is 1.82 bits per heavy atom. The third-order valence-electron chi connectivity index (χ3n) is 4.88. The quantitative estimate of drug-likeness (QED) is 0.742. The molecule has 0 radical (unpaired) electrons. The van der Waals surface area contributed by atoms with Crippen molar-refractivity contribution in [2.75, 3.05) is 13.7 Å². The van der Waals surface area contributed by atoms with Crippen LogP contribution in [0.3, 0.4) is 0 Å². The number of hydrogen-bond donors (Lipinski definition) is 1. The molecule has 0 spiro atoms. The number of hydrogen-bond acceptors (Lipinski definition) is 3. The summed E-state index contributed by atoms with van der Waals surface area (Å²) < 4.78 is 13.4. The summed E-state index contributed by atoms with van der Waals surface area (Å²) in [7, 11) is 1.80. The van der Waals surface area contributed by atoms with Crippen molar-refractivity contribution in [2.45, 2.75) is 32.4 Å². The van der Waals surface area contributed by atoms with Crippen LogP contribution in [0, 0.1) is 11.7 Å². The molecule has 28 heavy (non-hydrogen) atoms. The summed E-state index contributed by atoms with van der Waals surface area (Å²) in [5.41, 5.74) is 0.523. The van der Waals surface area contributed by atoms with Crippen LogP contribution in [0.5, 0.6) is 0 Å². The molecular formula is C22H26FN3O2.